The number of carbonyl (C=O) groups excluding carboxylic acids is 3. The van der Waals surface area contributed by atoms with Gasteiger partial charge in [-0.1, -0.05) is 20.8 Å². The summed E-state index contributed by atoms with van der Waals surface area (Å²) in [6.07, 6.45) is 9.30. The standard InChI is InChI=1S/3C18H23N7O3/c3*1-11(10-26)8-21-17(27)12-9-22-25-15(19-2)7-14(24-16(12)25)23-13-5-4-6-20-18(13)28-3/h3*4-7,9,11,19,26H,8,10H2,1-3H3,(H,21,27)(H,23,24)/t2*11-;/m10./s1. The molecule has 9 rings (SSSR count). The number of ether oxygens (including phenoxy) is 3. The van der Waals surface area contributed by atoms with Crippen LogP contribution in [0.1, 0.15) is 51.8 Å². The Hall–Kier alpha value is -10.2. The molecule has 0 aliphatic carbocycles. The molecule has 3 atom stereocenters. The molecule has 0 saturated heterocycles. The fraction of sp³-hybridized carbons (Fsp3) is 0.333. The third-order valence-electron chi connectivity index (χ3n) is 12.4. The topological polar surface area (TPSA) is 377 Å². The summed E-state index contributed by atoms with van der Waals surface area (Å²) in [6.45, 7) is 6.60. The Labute approximate surface area is 482 Å². The Morgan fingerprint density at radius 3 is 0.988 bits per heavy atom. The van der Waals surface area contributed by atoms with E-state index in [4.69, 9.17) is 29.5 Å². The molecule has 0 bridgehead atoms. The number of aromatic nitrogens is 12. The molecule has 0 aliphatic rings. The SMILES string of the molecule is CNc1cc(Nc2cccnc2OC)nc2c(C(=O)NCC(C)CO)cnn12.CNc1cc(Nc2cccnc2OC)nc2c(C(=O)NC[C@@H](C)CO)cnn12.CNc1cc(Nc2cccnc2OC)nc2c(C(=O)NC[C@H](C)CO)cnn12. The van der Waals surface area contributed by atoms with Gasteiger partial charge >= 0.3 is 0 Å². The van der Waals surface area contributed by atoms with Crippen molar-refractivity contribution >= 4 is 86.6 Å². The molecule has 9 aromatic heterocycles. The summed E-state index contributed by atoms with van der Waals surface area (Å²) in [4.78, 5) is 63.7. The largest absolute Gasteiger partial charge is 0.480 e. The van der Waals surface area contributed by atoms with E-state index in [2.05, 4.69) is 93.1 Å². The van der Waals surface area contributed by atoms with Gasteiger partial charge in [0.2, 0.25) is 17.6 Å². The van der Waals surface area contributed by atoms with E-state index in [0.29, 0.717) is 123 Å². The van der Waals surface area contributed by atoms with Crippen molar-refractivity contribution in [2.45, 2.75) is 20.8 Å². The summed E-state index contributed by atoms with van der Waals surface area (Å²) in [7, 11) is 9.89. The molecule has 0 spiro atoms. The molecule has 0 radical (unpaired) electrons. The van der Waals surface area contributed by atoms with E-state index in [9.17, 15) is 14.4 Å². The van der Waals surface area contributed by atoms with E-state index in [0.717, 1.165) is 0 Å². The summed E-state index contributed by atoms with van der Waals surface area (Å²) in [5, 5.41) is 67.1. The molecule has 9 heterocycles. The first-order valence-electron chi connectivity index (χ1n) is 26.4. The van der Waals surface area contributed by atoms with Crippen LogP contribution in [-0.4, -0.2) is 174 Å². The van der Waals surface area contributed by atoms with Crippen molar-refractivity contribution in [2.24, 2.45) is 17.8 Å². The van der Waals surface area contributed by atoms with Gasteiger partial charge in [-0.3, -0.25) is 14.4 Å². The molecular formula is C54H69N21O9. The summed E-state index contributed by atoms with van der Waals surface area (Å²) in [5.41, 5.74) is 4.13. The van der Waals surface area contributed by atoms with Gasteiger partial charge in [0.25, 0.3) is 17.7 Å². The van der Waals surface area contributed by atoms with Crippen LogP contribution in [0.2, 0.25) is 0 Å². The summed E-state index contributed by atoms with van der Waals surface area (Å²) >= 11 is 0. The van der Waals surface area contributed by atoms with Gasteiger partial charge in [0, 0.05) is 97.4 Å². The molecule has 0 saturated carbocycles. The number of nitrogens with zero attached hydrogens (tertiary/aromatic N) is 12. The van der Waals surface area contributed by atoms with Crippen LogP contribution in [-0.2, 0) is 0 Å². The molecule has 84 heavy (non-hydrogen) atoms. The quantitative estimate of drug-likeness (QED) is 0.0409. The summed E-state index contributed by atoms with van der Waals surface area (Å²) in [5.74, 6) is 3.71. The predicted octanol–water partition coefficient (Wildman–Crippen LogP) is 3.83. The highest BCUT2D eigenvalue weighted by atomic mass is 16.5. The second-order valence-corrected chi connectivity index (χ2v) is 18.8. The van der Waals surface area contributed by atoms with Gasteiger partial charge in [0.15, 0.2) is 16.9 Å². The lowest BCUT2D eigenvalue weighted by Gasteiger charge is -2.12. The van der Waals surface area contributed by atoms with Crippen molar-refractivity contribution in [1.29, 1.82) is 0 Å². The number of hydrogen-bond donors (Lipinski definition) is 12. The normalized spacial score (nSPS) is 11.9. The van der Waals surface area contributed by atoms with Crippen LogP contribution in [0.25, 0.3) is 16.9 Å². The van der Waals surface area contributed by atoms with Crippen LogP contribution in [0.15, 0.2) is 91.8 Å². The molecule has 12 N–H and O–H groups in total. The van der Waals surface area contributed by atoms with Crippen molar-refractivity contribution in [2.75, 3.05) is 114 Å². The van der Waals surface area contributed by atoms with Crippen LogP contribution < -0.4 is 62.1 Å². The van der Waals surface area contributed by atoms with Crippen molar-refractivity contribution in [1.82, 2.24) is 74.7 Å². The number of hydrogen-bond acceptors (Lipinski definition) is 24. The van der Waals surface area contributed by atoms with Crippen molar-refractivity contribution < 1.29 is 43.9 Å². The van der Waals surface area contributed by atoms with Gasteiger partial charge in [-0.25, -0.2) is 29.9 Å². The molecule has 30 nitrogen and oxygen atoms in total. The minimum atomic E-state index is -0.305. The van der Waals surface area contributed by atoms with Crippen molar-refractivity contribution in [3.05, 3.63) is 108 Å². The van der Waals surface area contributed by atoms with E-state index in [-0.39, 0.29) is 55.3 Å². The predicted molar refractivity (Wildman–Crippen MR) is 316 cm³/mol. The number of aliphatic hydroxyl groups excluding tert-OH is 3. The Balaban J connectivity index is 0.000000181. The zero-order valence-electron chi connectivity index (χ0n) is 47.8. The van der Waals surface area contributed by atoms with Crippen LogP contribution in [0.5, 0.6) is 17.6 Å². The monoisotopic (exact) mass is 1160 g/mol. The highest BCUT2D eigenvalue weighted by Gasteiger charge is 2.22. The third-order valence-corrected chi connectivity index (χ3v) is 12.4. The molecular weight excluding hydrogens is 1090 g/mol. The van der Waals surface area contributed by atoms with E-state index in [1.54, 1.807) is 89.7 Å². The zero-order valence-corrected chi connectivity index (χ0v) is 47.8. The molecule has 1 unspecified atom stereocenters. The average Bonchev–Trinajstić information content (AvgIpc) is 4.45. The Morgan fingerprint density at radius 1 is 0.476 bits per heavy atom. The highest BCUT2D eigenvalue weighted by molar-refractivity contribution is 6.01. The highest BCUT2D eigenvalue weighted by Crippen LogP contribution is 2.30. The first-order valence-corrected chi connectivity index (χ1v) is 26.4. The lowest BCUT2D eigenvalue weighted by molar-refractivity contribution is 0.0935. The summed E-state index contributed by atoms with van der Waals surface area (Å²) in [6, 6.07) is 16.1. The Bertz CT molecular complexity index is 3290. The smallest absolute Gasteiger partial charge is 0.256 e. The van der Waals surface area contributed by atoms with Crippen LogP contribution in [0.4, 0.5) is 52.0 Å². The number of methoxy groups -OCH3 is 3. The molecule has 9 aromatic rings. The van der Waals surface area contributed by atoms with Crippen LogP contribution in [0, 0.1) is 17.8 Å². The number of rotatable bonds is 24. The second-order valence-electron chi connectivity index (χ2n) is 18.8. The number of nitrogens with one attached hydrogen (secondary N) is 9. The first-order chi connectivity index (χ1) is 40.7. The maximum Gasteiger partial charge on any atom is 0.256 e. The molecule has 0 aromatic carbocycles. The molecule has 0 fully saturated rings. The Kier molecular flexibility index (Phi) is 21.6. The molecule has 444 valence electrons. The molecule has 30 heteroatoms. The third kappa shape index (κ3) is 15.0. The number of carbonyl (C=O) groups is 3. The molecule has 0 aliphatic heterocycles. The fourth-order valence-corrected chi connectivity index (χ4v) is 7.74. The minimum Gasteiger partial charge on any atom is -0.480 e. The molecule has 3 amide bonds. The zero-order chi connectivity index (χ0) is 60.3. The Morgan fingerprint density at radius 2 is 0.750 bits per heavy atom. The number of pyridine rings is 3. The lowest BCUT2D eigenvalue weighted by Crippen LogP contribution is -2.29. The van der Waals surface area contributed by atoms with Gasteiger partial charge in [-0.05, 0) is 54.2 Å². The van der Waals surface area contributed by atoms with Gasteiger partial charge < -0.3 is 77.4 Å². The number of anilines is 9. The average molecular weight is 1160 g/mol. The number of amides is 3. The van der Waals surface area contributed by atoms with Gasteiger partial charge in [0.05, 0.1) is 39.9 Å². The second kappa shape index (κ2) is 29.5. The van der Waals surface area contributed by atoms with E-state index in [1.807, 2.05) is 39.0 Å². The number of fused-ring (bicyclic) bond motifs is 3. The van der Waals surface area contributed by atoms with Gasteiger partial charge in [-0.2, -0.15) is 28.8 Å². The van der Waals surface area contributed by atoms with Crippen LogP contribution >= 0.6 is 0 Å². The number of aliphatic hydroxyl groups is 3. The maximum absolute atomic E-state index is 12.6. The van der Waals surface area contributed by atoms with E-state index < -0.39 is 0 Å². The minimum absolute atomic E-state index is 0.00178. The van der Waals surface area contributed by atoms with E-state index >= 15 is 0 Å². The summed E-state index contributed by atoms with van der Waals surface area (Å²) < 4.78 is 20.4. The van der Waals surface area contributed by atoms with Crippen molar-refractivity contribution in [3.8, 4) is 17.6 Å². The van der Waals surface area contributed by atoms with Crippen LogP contribution in [0.3, 0.4) is 0 Å². The van der Waals surface area contributed by atoms with Crippen molar-refractivity contribution in [3.63, 3.8) is 0 Å². The lowest BCUT2D eigenvalue weighted by atomic mass is 10.2. The van der Waals surface area contributed by atoms with Gasteiger partial charge in [0.1, 0.15) is 68.7 Å². The van der Waals surface area contributed by atoms with Gasteiger partial charge in [-0.15, -0.1) is 0 Å². The fourth-order valence-electron chi connectivity index (χ4n) is 7.74. The first kappa shape index (κ1) is 61.4. The van der Waals surface area contributed by atoms with E-state index in [1.165, 1.54) is 39.9 Å². The maximum atomic E-state index is 12.6.